The van der Waals surface area contributed by atoms with E-state index >= 15 is 0 Å². The van der Waals surface area contributed by atoms with E-state index in [0.717, 1.165) is 38.0 Å². The molecule has 9 aromatic rings. The number of aromatic nitrogens is 4. The Labute approximate surface area is 251 Å². The van der Waals surface area contributed by atoms with Crippen LogP contribution in [0.1, 0.15) is 0 Å². The Morgan fingerprint density at radius 3 is 1.72 bits per heavy atom. The van der Waals surface area contributed by atoms with Crippen LogP contribution in [0.25, 0.3) is 76.1 Å². The number of benzene rings is 6. The van der Waals surface area contributed by atoms with E-state index in [1.54, 1.807) is 11.3 Å². The second-order valence-corrected chi connectivity index (χ2v) is 11.7. The van der Waals surface area contributed by atoms with Crippen molar-refractivity contribution < 1.29 is 0 Å². The first-order chi connectivity index (χ1) is 21.3. The number of rotatable bonds is 4. The molecule has 3 aromatic heterocycles. The van der Waals surface area contributed by atoms with Crippen molar-refractivity contribution in [1.82, 2.24) is 19.3 Å². The van der Waals surface area contributed by atoms with Gasteiger partial charge in [0.2, 0.25) is 0 Å². The number of fused-ring (bicyclic) bond motifs is 6. The maximum absolute atomic E-state index is 4.75. The lowest BCUT2D eigenvalue weighted by Gasteiger charge is -2.07. The summed E-state index contributed by atoms with van der Waals surface area (Å²) in [5.74, 6) is 0. The molecule has 0 radical (unpaired) electrons. The van der Waals surface area contributed by atoms with E-state index < -0.39 is 0 Å². The van der Waals surface area contributed by atoms with Gasteiger partial charge in [-0.05, 0) is 60.7 Å². The van der Waals surface area contributed by atoms with Crippen LogP contribution in [-0.2, 0) is 0 Å². The Morgan fingerprint density at radius 1 is 0.419 bits per heavy atom. The van der Waals surface area contributed by atoms with Gasteiger partial charge in [-0.15, -0.1) is 10.2 Å². The summed E-state index contributed by atoms with van der Waals surface area (Å²) >= 11 is 1.65. The molecule has 0 saturated carbocycles. The van der Waals surface area contributed by atoms with Crippen molar-refractivity contribution >= 4 is 54.9 Å². The molecular formula is C38H24N4S. The lowest BCUT2D eigenvalue weighted by atomic mass is 10.1. The van der Waals surface area contributed by atoms with Gasteiger partial charge >= 0.3 is 0 Å². The highest BCUT2D eigenvalue weighted by Crippen LogP contribution is 2.41. The minimum absolute atomic E-state index is 0.914. The molecular weight excluding hydrogens is 545 g/mol. The maximum Gasteiger partial charge on any atom is 0.148 e. The quantitative estimate of drug-likeness (QED) is 0.212. The number of hydrogen-bond donors (Lipinski definition) is 0. The van der Waals surface area contributed by atoms with Crippen molar-refractivity contribution in [2.75, 3.05) is 0 Å². The number of nitrogens with zero attached hydrogens (tertiary/aromatic N) is 4. The van der Waals surface area contributed by atoms with E-state index in [2.05, 4.69) is 155 Å². The van der Waals surface area contributed by atoms with E-state index in [4.69, 9.17) is 10.2 Å². The lowest BCUT2D eigenvalue weighted by molar-refractivity contribution is 1.10. The molecule has 9 rings (SSSR count). The molecule has 0 unspecified atom stereocenters. The number of hydrogen-bond acceptors (Lipinski definition) is 3. The van der Waals surface area contributed by atoms with Crippen LogP contribution in [-0.4, -0.2) is 19.3 Å². The molecule has 0 N–H and O–H groups in total. The molecule has 6 aromatic carbocycles. The lowest BCUT2D eigenvalue weighted by Crippen LogP contribution is -1.92. The summed E-state index contributed by atoms with van der Waals surface area (Å²) in [6, 6.07) is 51.5. The molecule has 0 aliphatic heterocycles. The first kappa shape index (κ1) is 24.1. The van der Waals surface area contributed by atoms with Crippen LogP contribution in [0.2, 0.25) is 0 Å². The average molecular weight is 569 g/mol. The molecule has 0 saturated heterocycles. The molecule has 43 heavy (non-hydrogen) atoms. The van der Waals surface area contributed by atoms with Crippen molar-refractivity contribution in [1.29, 1.82) is 0 Å². The second-order valence-electron chi connectivity index (χ2n) is 10.7. The zero-order valence-electron chi connectivity index (χ0n) is 23.1. The first-order valence-electron chi connectivity index (χ1n) is 14.4. The molecule has 4 nitrogen and oxygen atoms in total. The topological polar surface area (TPSA) is 35.6 Å². The van der Waals surface area contributed by atoms with Gasteiger partial charge in [0.25, 0.3) is 0 Å². The molecule has 0 atom stereocenters. The van der Waals surface area contributed by atoms with Gasteiger partial charge in [-0.3, -0.25) is 0 Å². The van der Waals surface area contributed by atoms with Gasteiger partial charge in [-0.2, -0.15) is 0 Å². The summed E-state index contributed by atoms with van der Waals surface area (Å²) in [7, 11) is 0. The minimum Gasteiger partial charge on any atom is -0.309 e. The van der Waals surface area contributed by atoms with Crippen LogP contribution < -0.4 is 0 Å². The molecule has 0 aliphatic carbocycles. The van der Waals surface area contributed by atoms with E-state index in [0.29, 0.717) is 0 Å². The van der Waals surface area contributed by atoms with Gasteiger partial charge in [0, 0.05) is 44.0 Å². The van der Waals surface area contributed by atoms with Crippen molar-refractivity contribution in [3.63, 3.8) is 0 Å². The zero-order chi connectivity index (χ0) is 28.3. The smallest absolute Gasteiger partial charge is 0.148 e. The summed E-state index contributed by atoms with van der Waals surface area (Å²) in [6.45, 7) is 0. The fourth-order valence-corrected chi connectivity index (χ4v) is 7.33. The van der Waals surface area contributed by atoms with Crippen LogP contribution in [0.4, 0.5) is 0 Å². The molecule has 0 aliphatic rings. The van der Waals surface area contributed by atoms with E-state index in [1.165, 1.54) is 38.1 Å². The highest BCUT2D eigenvalue weighted by atomic mass is 32.1. The second kappa shape index (κ2) is 9.51. The van der Waals surface area contributed by atoms with Gasteiger partial charge in [0.1, 0.15) is 10.0 Å². The van der Waals surface area contributed by atoms with Crippen molar-refractivity contribution in [3.8, 4) is 32.5 Å². The third-order valence-electron chi connectivity index (χ3n) is 8.30. The summed E-state index contributed by atoms with van der Waals surface area (Å²) in [5.41, 5.74) is 9.20. The van der Waals surface area contributed by atoms with Gasteiger partial charge < -0.3 is 9.13 Å². The first-order valence-corrected chi connectivity index (χ1v) is 15.2. The highest BCUT2D eigenvalue weighted by Gasteiger charge is 2.19. The van der Waals surface area contributed by atoms with Crippen molar-refractivity contribution in [2.45, 2.75) is 0 Å². The average Bonchev–Trinajstić information content (AvgIpc) is 3.78. The van der Waals surface area contributed by atoms with E-state index in [1.807, 2.05) is 0 Å². The Hall–Kier alpha value is -5.52. The third kappa shape index (κ3) is 3.69. The fourth-order valence-electron chi connectivity index (χ4n) is 6.46. The Kier molecular flexibility index (Phi) is 5.33. The zero-order valence-corrected chi connectivity index (χ0v) is 23.9. The number of para-hydroxylation sites is 4. The van der Waals surface area contributed by atoms with Crippen molar-refractivity contribution in [3.05, 3.63) is 146 Å². The van der Waals surface area contributed by atoms with Crippen LogP contribution >= 0.6 is 11.3 Å². The summed E-state index contributed by atoms with van der Waals surface area (Å²) in [6.07, 6.45) is 0. The predicted molar refractivity (Wildman–Crippen MR) is 179 cm³/mol. The molecule has 0 bridgehead atoms. The molecule has 0 amide bonds. The molecule has 5 heteroatoms. The van der Waals surface area contributed by atoms with Crippen LogP contribution in [0.3, 0.4) is 0 Å². The summed E-state index contributed by atoms with van der Waals surface area (Å²) < 4.78 is 4.68. The van der Waals surface area contributed by atoms with E-state index in [9.17, 15) is 0 Å². The molecule has 0 spiro atoms. The summed E-state index contributed by atoms with van der Waals surface area (Å²) in [4.78, 5) is 0. The predicted octanol–water partition coefficient (Wildman–Crippen LogP) is 10.1. The highest BCUT2D eigenvalue weighted by molar-refractivity contribution is 7.18. The van der Waals surface area contributed by atoms with Crippen LogP contribution in [0.5, 0.6) is 0 Å². The Bertz CT molecular complexity index is 2450. The largest absolute Gasteiger partial charge is 0.309 e. The standard InChI is InChI=1S/C38H24N4S/c1-3-12-26(13-4-1)41-32-19-9-7-16-28(32)31-24-25(22-23-34(31)41)37-39-40-38(43-37)30-18-11-21-35-36(30)29-17-8-10-20-33(29)42(35)27-14-5-2-6-15-27/h1-24H. The molecule has 3 heterocycles. The Morgan fingerprint density at radius 2 is 0.977 bits per heavy atom. The van der Waals surface area contributed by atoms with Gasteiger partial charge in [-0.25, -0.2) is 0 Å². The SMILES string of the molecule is c1ccc(-n2c3ccccc3c3cc(-c4nnc(-c5cccc6c5c5ccccc5n6-c5ccccc5)s4)ccc32)cc1. The molecule has 0 fully saturated rings. The maximum atomic E-state index is 4.75. The van der Waals surface area contributed by atoms with Crippen molar-refractivity contribution in [2.24, 2.45) is 0 Å². The third-order valence-corrected chi connectivity index (χ3v) is 9.31. The van der Waals surface area contributed by atoms with Crippen LogP contribution in [0, 0.1) is 0 Å². The van der Waals surface area contributed by atoms with Gasteiger partial charge in [-0.1, -0.05) is 96.3 Å². The van der Waals surface area contributed by atoms with Gasteiger partial charge in [0.05, 0.1) is 22.1 Å². The normalized spacial score (nSPS) is 11.7. The molecule has 202 valence electrons. The monoisotopic (exact) mass is 568 g/mol. The Balaban J connectivity index is 1.21. The summed E-state index contributed by atoms with van der Waals surface area (Å²) in [5, 5.41) is 16.2. The van der Waals surface area contributed by atoms with E-state index in [-0.39, 0.29) is 0 Å². The fraction of sp³-hybridized carbons (Fsp3) is 0. The minimum atomic E-state index is 0.914. The van der Waals surface area contributed by atoms with Gasteiger partial charge in [0.15, 0.2) is 0 Å². The van der Waals surface area contributed by atoms with Crippen LogP contribution in [0.15, 0.2) is 146 Å².